The van der Waals surface area contributed by atoms with Crippen molar-refractivity contribution in [2.45, 2.75) is 64.8 Å². The zero-order valence-corrected chi connectivity index (χ0v) is 25.2. The Kier molecular flexibility index (Phi) is 11.8. The summed E-state index contributed by atoms with van der Waals surface area (Å²) in [6.07, 6.45) is 3.36. The molecule has 2 aromatic carbocycles. The number of hydrogen-bond donors (Lipinski definition) is 2. The lowest BCUT2D eigenvalue weighted by Gasteiger charge is -2.36. The summed E-state index contributed by atoms with van der Waals surface area (Å²) in [4.78, 5) is 17.9. The topological polar surface area (TPSA) is 108 Å². The Hall–Kier alpha value is -2.66. The predicted molar refractivity (Wildman–Crippen MR) is 158 cm³/mol. The molecule has 0 aliphatic carbocycles. The number of hydrogen-bond acceptors (Lipinski definition) is 7. The van der Waals surface area contributed by atoms with Crippen LogP contribution in [0.1, 0.15) is 56.0 Å². The third kappa shape index (κ3) is 9.76. The number of anilines is 1. The molecule has 40 heavy (non-hydrogen) atoms. The van der Waals surface area contributed by atoms with Gasteiger partial charge < -0.3 is 19.5 Å². The highest BCUT2D eigenvalue weighted by molar-refractivity contribution is 7.92. The summed E-state index contributed by atoms with van der Waals surface area (Å²) < 4.78 is 38.8. The van der Waals surface area contributed by atoms with E-state index in [1.807, 2.05) is 25.1 Å². The van der Waals surface area contributed by atoms with E-state index >= 15 is 0 Å². The van der Waals surface area contributed by atoms with Crippen LogP contribution in [0.3, 0.4) is 0 Å². The predicted octanol–water partition coefficient (Wildman–Crippen LogP) is 3.99. The molecule has 222 valence electrons. The molecule has 0 saturated carbocycles. The number of aliphatic hydroxyl groups is 1. The first-order chi connectivity index (χ1) is 19.0. The second kappa shape index (κ2) is 14.8. The van der Waals surface area contributed by atoms with Crippen LogP contribution in [-0.2, 0) is 21.3 Å². The van der Waals surface area contributed by atoms with Gasteiger partial charge in [-0.15, -0.1) is 0 Å². The molecule has 3 rings (SSSR count). The number of carbonyl (C=O) groups excluding carboxylic acids is 1. The number of ether oxygens (including phenoxy) is 2. The summed E-state index contributed by atoms with van der Waals surface area (Å²) in [5.74, 6) is 0.0210. The minimum absolute atomic E-state index is 0.0419. The first-order valence-corrected chi connectivity index (χ1v) is 15.9. The van der Waals surface area contributed by atoms with Crippen molar-refractivity contribution in [3.05, 3.63) is 59.7 Å². The van der Waals surface area contributed by atoms with Crippen molar-refractivity contribution in [3.63, 3.8) is 0 Å². The van der Waals surface area contributed by atoms with Crippen LogP contribution >= 0.6 is 0 Å². The summed E-state index contributed by atoms with van der Waals surface area (Å²) in [6, 6.07) is 14.5. The van der Waals surface area contributed by atoms with E-state index in [1.165, 1.54) is 11.6 Å². The lowest BCUT2D eigenvalue weighted by atomic mass is 10.0. The average Bonchev–Trinajstić information content (AvgIpc) is 2.90. The molecule has 1 aliphatic heterocycles. The largest absolute Gasteiger partial charge is 0.490 e. The van der Waals surface area contributed by atoms with Crippen LogP contribution in [0.5, 0.6) is 5.75 Å². The quantitative estimate of drug-likeness (QED) is 0.490. The van der Waals surface area contributed by atoms with Crippen LogP contribution in [0.15, 0.2) is 48.5 Å². The average molecular weight is 576 g/mol. The van der Waals surface area contributed by atoms with Gasteiger partial charge in [-0.3, -0.25) is 14.4 Å². The summed E-state index contributed by atoms with van der Waals surface area (Å²) in [5, 5.41) is 10.1. The zero-order valence-electron chi connectivity index (χ0n) is 24.4. The highest BCUT2D eigenvalue weighted by atomic mass is 32.2. The summed E-state index contributed by atoms with van der Waals surface area (Å²) in [5.41, 5.74) is 1.75. The fourth-order valence-corrected chi connectivity index (χ4v) is 5.48. The van der Waals surface area contributed by atoms with E-state index < -0.39 is 16.1 Å². The fraction of sp³-hybridized carbons (Fsp3) is 0.567. The van der Waals surface area contributed by atoms with Crippen LogP contribution in [-0.4, -0.2) is 87.1 Å². The van der Waals surface area contributed by atoms with E-state index in [9.17, 15) is 18.3 Å². The van der Waals surface area contributed by atoms with E-state index in [1.54, 1.807) is 24.0 Å². The van der Waals surface area contributed by atoms with E-state index in [-0.39, 0.29) is 41.9 Å². The highest BCUT2D eigenvalue weighted by Crippen LogP contribution is 2.29. The molecule has 0 saturated heterocycles. The molecular formula is C30H45N3O6S. The maximum atomic E-state index is 14.1. The Morgan fingerprint density at radius 3 is 2.55 bits per heavy atom. The van der Waals surface area contributed by atoms with Crippen molar-refractivity contribution in [3.8, 4) is 5.75 Å². The zero-order chi connectivity index (χ0) is 29.3. The van der Waals surface area contributed by atoms with E-state index in [2.05, 4.69) is 35.7 Å². The number of nitrogens with zero attached hydrogens (tertiary/aromatic N) is 2. The number of likely N-dealkylation sites (N-methyl/N-ethyl adjacent to an activating group) is 1. The van der Waals surface area contributed by atoms with Crippen molar-refractivity contribution in [2.24, 2.45) is 5.92 Å². The fourth-order valence-electron chi connectivity index (χ4n) is 4.93. The van der Waals surface area contributed by atoms with Gasteiger partial charge in [0.15, 0.2) is 0 Å². The van der Waals surface area contributed by atoms with Crippen molar-refractivity contribution >= 4 is 21.6 Å². The van der Waals surface area contributed by atoms with Gasteiger partial charge in [-0.1, -0.05) is 37.3 Å². The Morgan fingerprint density at radius 1 is 1.15 bits per heavy atom. The summed E-state index contributed by atoms with van der Waals surface area (Å²) in [7, 11) is -1.47. The first kappa shape index (κ1) is 31.9. The van der Waals surface area contributed by atoms with Crippen LogP contribution in [0, 0.1) is 5.92 Å². The molecule has 0 radical (unpaired) electrons. The Labute approximate surface area is 239 Å². The van der Waals surface area contributed by atoms with Crippen LogP contribution in [0.2, 0.25) is 0 Å². The molecule has 0 spiro atoms. The standard InChI is InChI=1S/C30H45N3O6S/c1-22-18-33(23(2)21-34)30(35)27-17-26(31-40(5,36)37)14-15-28(27)39-24(3)11-9-10-16-38-29(22)20-32(4)19-25-12-7-6-8-13-25/h6-8,12-15,17,22-24,29,31,34H,9-11,16,18-21H2,1-5H3/t22-,23+,24+,29+/m1/s1. The van der Waals surface area contributed by atoms with Gasteiger partial charge in [-0.05, 0) is 63.9 Å². The number of carbonyl (C=O) groups is 1. The second-order valence-electron chi connectivity index (χ2n) is 11.1. The van der Waals surface area contributed by atoms with E-state index in [0.29, 0.717) is 25.4 Å². The van der Waals surface area contributed by atoms with Gasteiger partial charge in [0.2, 0.25) is 10.0 Å². The third-order valence-electron chi connectivity index (χ3n) is 7.14. The summed E-state index contributed by atoms with van der Waals surface area (Å²) in [6.45, 7) is 8.04. The molecule has 9 nitrogen and oxygen atoms in total. The summed E-state index contributed by atoms with van der Waals surface area (Å²) >= 11 is 0. The van der Waals surface area contributed by atoms with Crippen molar-refractivity contribution in [2.75, 3.05) is 44.3 Å². The molecule has 2 N–H and O–H groups in total. The number of amides is 1. The molecule has 10 heteroatoms. The minimum Gasteiger partial charge on any atom is -0.490 e. The third-order valence-corrected chi connectivity index (χ3v) is 7.75. The monoisotopic (exact) mass is 575 g/mol. The van der Waals surface area contributed by atoms with Crippen molar-refractivity contribution in [1.29, 1.82) is 0 Å². The second-order valence-corrected chi connectivity index (χ2v) is 12.8. The van der Waals surface area contributed by atoms with Crippen LogP contribution in [0.25, 0.3) is 0 Å². The van der Waals surface area contributed by atoms with E-state index in [0.717, 1.165) is 32.1 Å². The van der Waals surface area contributed by atoms with Gasteiger partial charge in [-0.2, -0.15) is 0 Å². The molecule has 0 fully saturated rings. The lowest BCUT2D eigenvalue weighted by molar-refractivity contribution is -0.0177. The molecule has 0 aromatic heterocycles. The Morgan fingerprint density at radius 2 is 1.88 bits per heavy atom. The van der Waals surface area contributed by atoms with Crippen molar-refractivity contribution < 1.29 is 27.8 Å². The number of sulfonamides is 1. The smallest absolute Gasteiger partial charge is 0.258 e. The maximum Gasteiger partial charge on any atom is 0.258 e. The molecule has 4 atom stereocenters. The molecule has 1 heterocycles. The van der Waals surface area contributed by atoms with Gasteiger partial charge in [0.05, 0.1) is 36.7 Å². The number of benzene rings is 2. The minimum atomic E-state index is -3.54. The Bertz CT molecular complexity index is 1190. The molecule has 1 aliphatic rings. The molecule has 0 unspecified atom stereocenters. The van der Waals surface area contributed by atoms with Gasteiger partial charge >= 0.3 is 0 Å². The molecule has 0 bridgehead atoms. The van der Waals surface area contributed by atoms with Gasteiger partial charge in [0.25, 0.3) is 5.91 Å². The first-order valence-electron chi connectivity index (χ1n) is 14.0. The number of rotatable bonds is 8. The van der Waals surface area contributed by atoms with Gasteiger partial charge in [0.1, 0.15) is 5.75 Å². The highest BCUT2D eigenvalue weighted by Gasteiger charge is 2.30. The SMILES string of the molecule is C[C@@H]1CN([C@@H](C)CO)C(=O)c2cc(NS(C)(=O)=O)ccc2O[C@@H](C)CCCCO[C@H]1CN(C)Cc1ccccc1. The molecule has 1 amide bonds. The number of aliphatic hydroxyl groups excluding tert-OH is 1. The van der Waals surface area contributed by atoms with E-state index in [4.69, 9.17) is 9.47 Å². The van der Waals surface area contributed by atoms with Crippen molar-refractivity contribution in [1.82, 2.24) is 9.80 Å². The van der Waals surface area contributed by atoms with Gasteiger partial charge in [0, 0.05) is 37.8 Å². The normalized spacial score (nSPS) is 22.2. The van der Waals surface area contributed by atoms with Crippen LogP contribution in [0.4, 0.5) is 5.69 Å². The molecular weight excluding hydrogens is 530 g/mol. The lowest BCUT2D eigenvalue weighted by Crippen LogP contribution is -2.47. The maximum absolute atomic E-state index is 14.1. The number of nitrogens with one attached hydrogen (secondary N) is 1. The number of fused-ring (bicyclic) bond motifs is 1. The Balaban J connectivity index is 1.92. The van der Waals surface area contributed by atoms with Crippen LogP contribution < -0.4 is 9.46 Å². The molecule has 2 aromatic rings. The van der Waals surface area contributed by atoms with Gasteiger partial charge in [-0.25, -0.2) is 8.42 Å².